The molecule has 1 aliphatic heterocycles. The van der Waals surface area contributed by atoms with E-state index in [0.717, 1.165) is 12.1 Å². The summed E-state index contributed by atoms with van der Waals surface area (Å²) in [5.41, 5.74) is 0.970. The molecule has 2 bridgehead atoms. The van der Waals surface area contributed by atoms with Crippen LogP contribution >= 0.6 is 0 Å². The number of fused-ring (bicyclic) bond motifs is 1. The third-order valence-electron chi connectivity index (χ3n) is 3.46. The van der Waals surface area contributed by atoms with Crippen molar-refractivity contribution in [1.82, 2.24) is 5.32 Å². The predicted octanol–water partition coefficient (Wildman–Crippen LogP) is -0.0332. The SMILES string of the molecule is O=C1NC2=C[C@@H]3C[C@H]2C1[C@H]3C(=O)O. The molecule has 1 saturated heterocycles. The first-order chi connectivity index (χ1) is 6.18. The van der Waals surface area contributed by atoms with Crippen molar-refractivity contribution >= 4 is 11.9 Å². The Hall–Kier alpha value is -1.32. The maximum Gasteiger partial charge on any atom is 0.307 e. The van der Waals surface area contributed by atoms with Gasteiger partial charge >= 0.3 is 5.97 Å². The fourth-order valence-electron chi connectivity index (χ4n) is 2.99. The molecule has 3 aliphatic rings. The van der Waals surface area contributed by atoms with Gasteiger partial charge in [0.15, 0.2) is 0 Å². The van der Waals surface area contributed by atoms with E-state index < -0.39 is 11.9 Å². The quantitative estimate of drug-likeness (QED) is 0.593. The van der Waals surface area contributed by atoms with Crippen LogP contribution in [-0.2, 0) is 9.59 Å². The lowest BCUT2D eigenvalue weighted by molar-refractivity contribution is -0.146. The van der Waals surface area contributed by atoms with Gasteiger partial charge in [-0.2, -0.15) is 0 Å². The van der Waals surface area contributed by atoms with E-state index in [9.17, 15) is 9.59 Å². The zero-order chi connectivity index (χ0) is 9.16. The first-order valence-corrected chi connectivity index (χ1v) is 4.44. The van der Waals surface area contributed by atoms with Crippen LogP contribution in [0.5, 0.6) is 0 Å². The number of allylic oxidation sites excluding steroid dienone is 2. The second-order valence-electron chi connectivity index (χ2n) is 4.01. The van der Waals surface area contributed by atoms with Gasteiger partial charge in [0.2, 0.25) is 5.91 Å². The van der Waals surface area contributed by atoms with Crippen molar-refractivity contribution in [3.05, 3.63) is 11.8 Å². The topological polar surface area (TPSA) is 66.4 Å². The lowest BCUT2D eigenvalue weighted by atomic mass is 9.84. The Kier molecular flexibility index (Phi) is 1.07. The minimum atomic E-state index is -0.829. The summed E-state index contributed by atoms with van der Waals surface area (Å²) in [4.78, 5) is 22.3. The first-order valence-electron chi connectivity index (χ1n) is 4.44. The van der Waals surface area contributed by atoms with Crippen molar-refractivity contribution in [2.45, 2.75) is 6.42 Å². The van der Waals surface area contributed by atoms with Crippen molar-refractivity contribution in [2.75, 3.05) is 0 Å². The molecule has 0 aromatic heterocycles. The van der Waals surface area contributed by atoms with Gasteiger partial charge in [0.25, 0.3) is 0 Å². The highest BCUT2D eigenvalue weighted by molar-refractivity contribution is 5.91. The number of carbonyl (C=O) groups is 2. The highest BCUT2D eigenvalue weighted by Gasteiger charge is 2.58. The van der Waals surface area contributed by atoms with Crippen molar-refractivity contribution < 1.29 is 14.7 Å². The fraction of sp³-hybridized carbons (Fsp3) is 0.556. The molecule has 3 rings (SSSR count). The van der Waals surface area contributed by atoms with Crippen LogP contribution in [0.2, 0.25) is 0 Å². The molecule has 4 atom stereocenters. The second kappa shape index (κ2) is 1.95. The molecule has 1 saturated carbocycles. The molecule has 0 aromatic rings. The number of carboxylic acids is 1. The molecule has 0 aromatic carbocycles. The zero-order valence-corrected chi connectivity index (χ0v) is 6.86. The highest BCUT2D eigenvalue weighted by Crippen LogP contribution is 2.54. The minimum Gasteiger partial charge on any atom is -0.481 e. The normalized spacial score (nSPS) is 44.9. The fourth-order valence-corrected chi connectivity index (χ4v) is 2.99. The smallest absolute Gasteiger partial charge is 0.307 e. The molecular weight excluding hydrogens is 170 g/mol. The second-order valence-corrected chi connectivity index (χ2v) is 4.01. The van der Waals surface area contributed by atoms with Crippen LogP contribution in [0.1, 0.15) is 6.42 Å². The summed E-state index contributed by atoms with van der Waals surface area (Å²) < 4.78 is 0. The third-order valence-corrected chi connectivity index (χ3v) is 3.46. The monoisotopic (exact) mass is 179 g/mol. The van der Waals surface area contributed by atoms with Gasteiger partial charge in [0.05, 0.1) is 11.8 Å². The average molecular weight is 179 g/mol. The molecule has 4 nitrogen and oxygen atoms in total. The standard InChI is InChI=1S/C9H9NO3/c11-8-7-4-1-3(2-5(4)10-8)6(7)9(12)13/h2-4,6-7H,1H2,(H,10,11)(H,12,13)/t3-,4+,6-,7?/m0/s1. The largest absolute Gasteiger partial charge is 0.481 e. The van der Waals surface area contributed by atoms with Gasteiger partial charge in [0.1, 0.15) is 0 Å². The summed E-state index contributed by atoms with van der Waals surface area (Å²) in [5, 5.41) is 11.7. The van der Waals surface area contributed by atoms with Gasteiger partial charge in [-0.05, 0) is 12.3 Å². The third kappa shape index (κ3) is 0.669. The molecule has 2 aliphatic carbocycles. The summed E-state index contributed by atoms with van der Waals surface area (Å²) in [6, 6.07) is 0. The number of rotatable bonds is 1. The Morgan fingerprint density at radius 2 is 2.38 bits per heavy atom. The van der Waals surface area contributed by atoms with E-state index in [2.05, 4.69) is 5.32 Å². The van der Waals surface area contributed by atoms with E-state index >= 15 is 0 Å². The van der Waals surface area contributed by atoms with Gasteiger partial charge in [-0.3, -0.25) is 9.59 Å². The number of amides is 1. The highest BCUT2D eigenvalue weighted by atomic mass is 16.4. The van der Waals surface area contributed by atoms with Crippen LogP contribution < -0.4 is 5.32 Å². The van der Waals surface area contributed by atoms with Crippen LogP contribution in [0.25, 0.3) is 0 Å². The maximum atomic E-state index is 11.4. The van der Waals surface area contributed by atoms with Crippen molar-refractivity contribution in [1.29, 1.82) is 0 Å². The van der Waals surface area contributed by atoms with E-state index in [0.29, 0.717) is 0 Å². The van der Waals surface area contributed by atoms with Gasteiger partial charge in [-0.1, -0.05) is 6.08 Å². The summed E-state index contributed by atoms with van der Waals surface area (Å²) in [6.45, 7) is 0. The molecule has 2 N–H and O–H groups in total. The summed E-state index contributed by atoms with van der Waals surface area (Å²) in [5.74, 6) is -1.42. The molecule has 0 spiro atoms. The Morgan fingerprint density at radius 1 is 1.62 bits per heavy atom. The molecule has 4 heteroatoms. The molecule has 13 heavy (non-hydrogen) atoms. The van der Waals surface area contributed by atoms with E-state index in [1.54, 1.807) is 0 Å². The van der Waals surface area contributed by atoms with E-state index in [1.165, 1.54) is 0 Å². The first kappa shape index (κ1) is 7.12. The van der Waals surface area contributed by atoms with Crippen LogP contribution in [0, 0.1) is 23.7 Å². The van der Waals surface area contributed by atoms with Crippen molar-refractivity contribution in [3.8, 4) is 0 Å². The molecule has 0 radical (unpaired) electrons. The summed E-state index contributed by atoms with van der Waals surface area (Å²) >= 11 is 0. The van der Waals surface area contributed by atoms with Crippen LogP contribution in [0.15, 0.2) is 11.8 Å². The van der Waals surface area contributed by atoms with E-state index in [1.807, 2.05) is 6.08 Å². The van der Waals surface area contributed by atoms with Gasteiger partial charge in [-0.25, -0.2) is 0 Å². The Labute approximate surface area is 74.6 Å². The van der Waals surface area contributed by atoms with Gasteiger partial charge in [0, 0.05) is 11.6 Å². The lowest BCUT2D eigenvalue weighted by Gasteiger charge is -2.16. The zero-order valence-electron chi connectivity index (χ0n) is 6.86. The summed E-state index contributed by atoms with van der Waals surface area (Å²) in [6.07, 6.45) is 2.76. The van der Waals surface area contributed by atoms with Gasteiger partial charge in [-0.15, -0.1) is 0 Å². The number of carbonyl (C=O) groups excluding carboxylic acids is 1. The van der Waals surface area contributed by atoms with Crippen molar-refractivity contribution in [3.63, 3.8) is 0 Å². The molecule has 1 heterocycles. The molecule has 1 amide bonds. The number of carboxylic acid groups (broad SMARTS) is 1. The molecule has 2 fully saturated rings. The van der Waals surface area contributed by atoms with E-state index in [4.69, 9.17) is 5.11 Å². The van der Waals surface area contributed by atoms with Gasteiger partial charge < -0.3 is 10.4 Å². The van der Waals surface area contributed by atoms with Crippen LogP contribution in [0.3, 0.4) is 0 Å². The Bertz CT molecular complexity index is 347. The number of hydrogen-bond donors (Lipinski definition) is 2. The summed E-state index contributed by atoms with van der Waals surface area (Å²) in [7, 11) is 0. The van der Waals surface area contributed by atoms with Crippen molar-refractivity contribution in [2.24, 2.45) is 23.7 Å². The van der Waals surface area contributed by atoms with Crippen LogP contribution in [0.4, 0.5) is 0 Å². The average Bonchev–Trinajstić information content (AvgIpc) is 2.60. The Morgan fingerprint density at radius 3 is 3.08 bits per heavy atom. The van der Waals surface area contributed by atoms with Crippen LogP contribution in [-0.4, -0.2) is 17.0 Å². The Balaban J connectivity index is 2.08. The molecule has 68 valence electrons. The van der Waals surface area contributed by atoms with E-state index in [-0.39, 0.29) is 23.7 Å². The number of nitrogens with one attached hydrogen (secondary N) is 1. The minimum absolute atomic E-state index is 0.0847. The number of aliphatic carboxylic acids is 1. The maximum absolute atomic E-state index is 11.4. The number of hydrogen-bond acceptors (Lipinski definition) is 2. The molecular formula is C9H9NO3. The lowest BCUT2D eigenvalue weighted by Crippen LogP contribution is -2.30. The molecule has 1 unspecified atom stereocenters. The predicted molar refractivity (Wildman–Crippen MR) is 42.4 cm³/mol.